The van der Waals surface area contributed by atoms with E-state index in [2.05, 4.69) is 5.32 Å². The Balaban J connectivity index is 2.63. The molecule has 1 fully saturated rings. The first-order valence-corrected chi connectivity index (χ1v) is 5.66. The molecule has 7 heteroatoms. The summed E-state index contributed by atoms with van der Waals surface area (Å²) in [6.07, 6.45) is -0.821. The molecule has 0 spiro atoms. The molecule has 0 bridgehead atoms. The molecule has 0 saturated carbocycles. The van der Waals surface area contributed by atoms with Crippen LogP contribution in [0.1, 0.15) is 27.2 Å². The van der Waals surface area contributed by atoms with Crippen LogP contribution in [0.25, 0.3) is 0 Å². The minimum atomic E-state index is -1.02. The molecule has 102 valence electrons. The molecular formula is C11H18N2O5. The fraction of sp³-hybridized carbons (Fsp3) is 0.727. The van der Waals surface area contributed by atoms with Gasteiger partial charge in [-0.3, -0.25) is 14.5 Å². The van der Waals surface area contributed by atoms with Gasteiger partial charge in [0.05, 0.1) is 12.5 Å². The first kappa shape index (κ1) is 14.3. The fourth-order valence-corrected chi connectivity index (χ4v) is 1.61. The van der Waals surface area contributed by atoms with Crippen LogP contribution in [-0.4, -0.2) is 52.7 Å². The standard InChI is InChI=1S/C11H18N2O5/c1-11(2,3)18-10(17)13-5-7(4-9(15)16)12-8(14)6-13/h7H,4-6H2,1-3H3,(H,12,14)(H,15,16)/t7-/m1/s1. The number of nitrogens with zero attached hydrogens (tertiary/aromatic N) is 1. The van der Waals surface area contributed by atoms with Gasteiger partial charge < -0.3 is 15.2 Å². The van der Waals surface area contributed by atoms with Crippen molar-refractivity contribution in [1.29, 1.82) is 0 Å². The second-order valence-electron chi connectivity index (χ2n) is 5.22. The molecule has 0 unspecified atom stereocenters. The molecule has 7 nitrogen and oxygen atoms in total. The summed E-state index contributed by atoms with van der Waals surface area (Å²) in [5, 5.41) is 11.2. The highest BCUT2D eigenvalue weighted by molar-refractivity contribution is 5.84. The zero-order valence-corrected chi connectivity index (χ0v) is 10.7. The summed E-state index contributed by atoms with van der Waals surface area (Å²) in [4.78, 5) is 35.0. The van der Waals surface area contributed by atoms with E-state index in [0.717, 1.165) is 0 Å². The molecule has 0 aliphatic carbocycles. The van der Waals surface area contributed by atoms with Crippen molar-refractivity contribution in [2.24, 2.45) is 0 Å². The lowest BCUT2D eigenvalue weighted by Crippen LogP contribution is -2.57. The van der Waals surface area contributed by atoms with Crippen LogP contribution in [0.5, 0.6) is 0 Å². The largest absolute Gasteiger partial charge is 0.481 e. The van der Waals surface area contributed by atoms with E-state index in [-0.39, 0.29) is 25.4 Å². The molecule has 0 aromatic rings. The number of nitrogens with one attached hydrogen (secondary N) is 1. The van der Waals surface area contributed by atoms with Gasteiger partial charge in [-0.25, -0.2) is 4.79 Å². The van der Waals surface area contributed by atoms with Crippen molar-refractivity contribution in [2.75, 3.05) is 13.1 Å². The lowest BCUT2D eigenvalue weighted by molar-refractivity contribution is -0.138. The second-order valence-corrected chi connectivity index (χ2v) is 5.22. The maximum absolute atomic E-state index is 11.8. The van der Waals surface area contributed by atoms with Gasteiger partial charge in [0.15, 0.2) is 0 Å². The number of hydrogen-bond donors (Lipinski definition) is 2. The van der Waals surface area contributed by atoms with Gasteiger partial charge in [-0.1, -0.05) is 0 Å². The molecule has 2 N–H and O–H groups in total. The Bertz CT molecular complexity index is 359. The zero-order valence-electron chi connectivity index (χ0n) is 10.7. The second kappa shape index (κ2) is 5.24. The summed E-state index contributed by atoms with van der Waals surface area (Å²) in [7, 11) is 0. The van der Waals surface area contributed by atoms with Gasteiger partial charge in [-0.2, -0.15) is 0 Å². The van der Waals surface area contributed by atoms with Crippen molar-refractivity contribution in [3.05, 3.63) is 0 Å². The Kier molecular flexibility index (Phi) is 4.15. The van der Waals surface area contributed by atoms with Crippen LogP contribution in [0.3, 0.4) is 0 Å². The van der Waals surface area contributed by atoms with E-state index in [9.17, 15) is 14.4 Å². The van der Waals surface area contributed by atoms with E-state index >= 15 is 0 Å². The number of aliphatic carboxylic acids is 1. The predicted octanol–water partition coefficient (Wildman–Crippen LogP) is 0.197. The van der Waals surface area contributed by atoms with Crippen LogP contribution in [0.2, 0.25) is 0 Å². The van der Waals surface area contributed by atoms with Crippen LogP contribution >= 0.6 is 0 Å². The average Bonchev–Trinajstić information content (AvgIpc) is 2.12. The van der Waals surface area contributed by atoms with E-state index in [1.54, 1.807) is 20.8 Å². The quantitative estimate of drug-likeness (QED) is 0.737. The molecule has 1 aliphatic rings. The van der Waals surface area contributed by atoms with Crippen molar-refractivity contribution in [3.8, 4) is 0 Å². The summed E-state index contributed by atoms with van der Waals surface area (Å²) in [5.74, 6) is -1.40. The lowest BCUT2D eigenvalue weighted by atomic mass is 10.1. The molecule has 1 aliphatic heterocycles. The molecular weight excluding hydrogens is 240 g/mol. The zero-order chi connectivity index (χ0) is 13.9. The van der Waals surface area contributed by atoms with E-state index < -0.39 is 23.7 Å². The third-order valence-electron chi connectivity index (χ3n) is 2.21. The van der Waals surface area contributed by atoms with E-state index in [0.29, 0.717) is 0 Å². The van der Waals surface area contributed by atoms with Gasteiger partial charge in [0.25, 0.3) is 0 Å². The normalized spacial score (nSPS) is 20.3. The van der Waals surface area contributed by atoms with Crippen molar-refractivity contribution in [2.45, 2.75) is 38.8 Å². The molecule has 2 amide bonds. The Hall–Kier alpha value is -1.79. The van der Waals surface area contributed by atoms with Crippen LogP contribution in [0, 0.1) is 0 Å². The minimum absolute atomic E-state index is 0.106. The third kappa shape index (κ3) is 4.60. The van der Waals surface area contributed by atoms with Gasteiger partial charge in [0.2, 0.25) is 5.91 Å². The SMILES string of the molecule is CC(C)(C)OC(=O)N1CC(=O)N[C@H](CC(=O)O)C1. The number of ether oxygens (including phenoxy) is 1. The maximum atomic E-state index is 11.8. The summed E-state index contributed by atoms with van der Waals surface area (Å²) >= 11 is 0. The van der Waals surface area contributed by atoms with Crippen molar-refractivity contribution < 1.29 is 24.2 Å². The number of carboxylic acids is 1. The Morgan fingerprint density at radius 1 is 1.50 bits per heavy atom. The molecule has 1 heterocycles. The Morgan fingerprint density at radius 3 is 2.61 bits per heavy atom. The van der Waals surface area contributed by atoms with Crippen molar-refractivity contribution >= 4 is 18.0 Å². The van der Waals surface area contributed by atoms with E-state index in [1.165, 1.54) is 4.90 Å². The molecule has 1 rings (SSSR count). The van der Waals surface area contributed by atoms with E-state index in [1.807, 2.05) is 0 Å². The summed E-state index contributed by atoms with van der Waals surface area (Å²) in [6.45, 7) is 5.22. The lowest BCUT2D eigenvalue weighted by Gasteiger charge is -2.33. The Morgan fingerprint density at radius 2 is 2.11 bits per heavy atom. The Labute approximate surface area is 105 Å². The minimum Gasteiger partial charge on any atom is -0.481 e. The molecule has 0 radical (unpaired) electrons. The number of rotatable bonds is 2. The molecule has 0 aromatic heterocycles. The third-order valence-corrected chi connectivity index (χ3v) is 2.21. The van der Waals surface area contributed by atoms with Gasteiger partial charge in [0.1, 0.15) is 12.1 Å². The number of carbonyl (C=O) groups is 3. The summed E-state index contributed by atoms with van der Waals surface area (Å²) in [5.41, 5.74) is -0.646. The number of hydrogen-bond acceptors (Lipinski definition) is 4. The number of carboxylic acid groups (broad SMARTS) is 1. The van der Waals surface area contributed by atoms with Gasteiger partial charge in [-0.15, -0.1) is 0 Å². The smallest absolute Gasteiger partial charge is 0.410 e. The van der Waals surface area contributed by atoms with E-state index in [4.69, 9.17) is 9.84 Å². The fourth-order valence-electron chi connectivity index (χ4n) is 1.61. The van der Waals surface area contributed by atoms with Crippen LogP contribution < -0.4 is 5.32 Å². The van der Waals surface area contributed by atoms with Crippen molar-refractivity contribution in [3.63, 3.8) is 0 Å². The number of amides is 2. The highest BCUT2D eigenvalue weighted by Crippen LogP contribution is 2.12. The summed E-state index contributed by atoms with van der Waals surface area (Å²) < 4.78 is 5.14. The molecule has 0 aromatic carbocycles. The monoisotopic (exact) mass is 258 g/mol. The first-order chi connectivity index (χ1) is 8.17. The first-order valence-electron chi connectivity index (χ1n) is 5.66. The highest BCUT2D eigenvalue weighted by atomic mass is 16.6. The van der Waals surface area contributed by atoms with Crippen molar-refractivity contribution in [1.82, 2.24) is 10.2 Å². The van der Waals surface area contributed by atoms with Gasteiger partial charge >= 0.3 is 12.1 Å². The van der Waals surface area contributed by atoms with Gasteiger partial charge in [-0.05, 0) is 20.8 Å². The average molecular weight is 258 g/mol. The van der Waals surface area contributed by atoms with Crippen LogP contribution in [0.4, 0.5) is 4.79 Å². The molecule has 18 heavy (non-hydrogen) atoms. The number of piperazine rings is 1. The van der Waals surface area contributed by atoms with Crippen LogP contribution in [-0.2, 0) is 14.3 Å². The topological polar surface area (TPSA) is 95.9 Å². The molecule has 1 saturated heterocycles. The molecule has 1 atom stereocenters. The summed E-state index contributed by atoms with van der Waals surface area (Å²) in [6, 6.07) is -0.573. The maximum Gasteiger partial charge on any atom is 0.410 e. The highest BCUT2D eigenvalue weighted by Gasteiger charge is 2.31. The number of carbonyl (C=O) groups excluding carboxylic acids is 2. The predicted molar refractivity (Wildman–Crippen MR) is 62.0 cm³/mol. The van der Waals surface area contributed by atoms with Gasteiger partial charge in [0, 0.05) is 6.54 Å². The van der Waals surface area contributed by atoms with Crippen LogP contribution in [0.15, 0.2) is 0 Å².